The predicted octanol–water partition coefficient (Wildman–Crippen LogP) is 2.86. The molecule has 1 heterocycles. The summed E-state index contributed by atoms with van der Waals surface area (Å²) in [7, 11) is 0. The predicted molar refractivity (Wildman–Crippen MR) is 76.8 cm³/mol. The van der Waals surface area contributed by atoms with E-state index >= 15 is 0 Å². The van der Waals surface area contributed by atoms with Crippen molar-refractivity contribution >= 4 is 12.0 Å². The fourth-order valence-corrected chi connectivity index (χ4v) is 3.48. The number of halogens is 3. The van der Waals surface area contributed by atoms with Crippen LogP contribution in [0.25, 0.3) is 0 Å². The van der Waals surface area contributed by atoms with Crippen LogP contribution >= 0.6 is 0 Å². The van der Waals surface area contributed by atoms with Crippen LogP contribution in [0.2, 0.25) is 0 Å². The summed E-state index contributed by atoms with van der Waals surface area (Å²) in [5.41, 5.74) is 0. The summed E-state index contributed by atoms with van der Waals surface area (Å²) in [6.07, 6.45) is -1.55. The van der Waals surface area contributed by atoms with E-state index < -0.39 is 24.0 Å². The number of piperidine rings is 1. The van der Waals surface area contributed by atoms with Gasteiger partial charge in [-0.3, -0.25) is 4.79 Å². The van der Waals surface area contributed by atoms with Gasteiger partial charge in [-0.25, -0.2) is 4.79 Å². The van der Waals surface area contributed by atoms with Crippen LogP contribution in [0.15, 0.2) is 0 Å². The van der Waals surface area contributed by atoms with E-state index in [0.717, 1.165) is 0 Å². The van der Waals surface area contributed by atoms with Crippen LogP contribution < -0.4 is 5.32 Å². The Bertz CT molecular complexity index is 442. The number of nitrogens with zero attached hydrogens (tertiary/aromatic N) is 1. The second-order valence-corrected chi connectivity index (χ2v) is 6.58. The Labute approximate surface area is 133 Å². The quantitative estimate of drug-likeness (QED) is 0.833. The molecule has 0 aromatic carbocycles. The van der Waals surface area contributed by atoms with Gasteiger partial charge in [0.25, 0.3) is 0 Å². The van der Waals surface area contributed by atoms with Crippen molar-refractivity contribution in [3.05, 3.63) is 0 Å². The summed E-state index contributed by atoms with van der Waals surface area (Å²) < 4.78 is 38.3. The number of aliphatic carboxylic acids is 1. The lowest BCUT2D eigenvalue weighted by atomic mass is 9.81. The van der Waals surface area contributed by atoms with E-state index in [1.165, 1.54) is 4.90 Å². The number of carbonyl (C=O) groups excluding carboxylic acids is 1. The smallest absolute Gasteiger partial charge is 0.391 e. The Kier molecular flexibility index (Phi) is 5.75. The minimum absolute atomic E-state index is 0.0571. The molecular formula is C15H23F3N2O3. The summed E-state index contributed by atoms with van der Waals surface area (Å²) in [6, 6.07) is -0.370. The number of alkyl halides is 3. The Hall–Kier alpha value is -1.47. The molecule has 1 aliphatic heterocycles. The lowest BCUT2D eigenvalue weighted by Crippen LogP contribution is -2.48. The first-order valence-electron chi connectivity index (χ1n) is 8.09. The third kappa shape index (κ3) is 5.00. The maximum Gasteiger partial charge on any atom is 0.391 e. The Morgan fingerprint density at radius 1 is 1.17 bits per heavy atom. The van der Waals surface area contributed by atoms with Crippen LogP contribution in [0.4, 0.5) is 18.0 Å². The third-order valence-corrected chi connectivity index (χ3v) is 4.85. The van der Waals surface area contributed by atoms with Gasteiger partial charge < -0.3 is 15.3 Å². The van der Waals surface area contributed by atoms with Crippen molar-refractivity contribution in [2.75, 3.05) is 19.6 Å². The first kappa shape index (κ1) is 17.9. The number of hydrogen-bond acceptors (Lipinski definition) is 2. The van der Waals surface area contributed by atoms with E-state index in [9.17, 15) is 22.8 Å². The van der Waals surface area contributed by atoms with Crippen molar-refractivity contribution in [2.45, 2.75) is 44.7 Å². The molecule has 2 N–H and O–H groups in total. The molecule has 1 saturated carbocycles. The molecular weight excluding hydrogens is 313 g/mol. The lowest BCUT2D eigenvalue weighted by Gasteiger charge is -2.33. The molecule has 23 heavy (non-hydrogen) atoms. The average Bonchev–Trinajstić information content (AvgIpc) is 2.52. The highest BCUT2D eigenvalue weighted by Crippen LogP contribution is 2.39. The van der Waals surface area contributed by atoms with Crippen LogP contribution in [0.3, 0.4) is 0 Å². The first-order valence-corrected chi connectivity index (χ1v) is 8.09. The number of nitrogens with one attached hydrogen (secondary N) is 1. The fraction of sp³-hybridized carbons (Fsp3) is 0.867. The number of carboxylic acid groups (broad SMARTS) is 1. The van der Waals surface area contributed by atoms with Gasteiger partial charge in [0.15, 0.2) is 0 Å². The summed E-state index contributed by atoms with van der Waals surface area (Å²) in [6.45, 7) is 0.877. The molecule has 2 rings (SSSR count). The minimum atomic E-state index is -4.16. The van der Waals surface area contributed by atoms with Gasteiger partial charge in [-0.2, -0.15) is 13.2 Å². The van der Waals surface area contributed by atoms with Crippen molar-refractivity contribution in [3.63, 3.8) is 0 Å². The van der Waals surface area contributed by atoms with Crippen LogP contribution in [-0.2, 0) is 4.79 Å². The molecule has 5 nitrogen and oxygen atoms in total. The molecule has 132 valence electrons. The summed E-state index contributed by atoms with van der Waals surface area (Å²) >= 11 is 0. The molecule has 1 saturated heterocycles. The zero-order chi connectivity index (χ0) is 17.0. The lowest BCUT2D eigenvalue weighted by molar-refractivity contribution is -0.185. The molecule has 0 spiro atoms. The van der Waals surface area contributed by atoms with Gasteiger partial charge in [0, 0.05) is 19.6 Å². The summed E-state index contributed by atoms with van der Waals surface area (Å²) in [4.78, 5) is 24.5. The van der Waals surface area contributed by atoms with E-state index in [1.54, 1.807) is 0 Å². The molecule has 2 amide bonds. The molecule has 3 unspecified atom stereocenters. The molecule has 3 atom stereocenters. The highest BCUT2D eigenvalue weighted by atomic mass is 19.4. The van der Waals surface area contributed by atoms with Crippen LogP contribution in [0.1, 0.15) is 38.5 Å². The number of hydrogen-bond donors (Lipinski definition) is 2. The SMILES string of the molecule is O=C(O)C1CCCN(C(=O)NCC2CCCC(C(F)(F)F)C2)C1. The molecule has 0 bridgehead atoms. The first-order chi connectivity index (χ1) is 10.8. The molecule has 8 heteroatoms. The number of carboxylic acids is 1. The summed E-state index contributed by atoms with van der Waals surface area (Å²) in [5.74, 6) is -2.91. The van der Waals surface area contributed by atoms with Gasteiger partial charge in [-0.1, -0.05) is 6.42 Å². The van der Waals surface area contributed by atoms with Crippen molar-refractivity contribution in [2.24, 2.45) is 17.8 Å². The average molecular weight is 336 g/mol. The van der Waals surface area contributed by atoms with Crippen molar-refractivity contribution in [1.82, 2.24) is 10.2 Å². The van der Waals surface area contributed by atoms with Gasteiger partial charge in [0.2, 0.25) is 0 Å². The standard InChI is InChI=1S/C15H23F3N2O3/c16-15(17,18)12-5-1-3-10(7-12)8-19-14(23)20-6-2-4-11(9-20)13(21)22/h10-12H,1-9H2,(H,19,23)(H,21,22). The molecule has 1 aliphatic carbocycles. The largest absolute Gasteiger partial charge is 0.481 e. The van der Waals surface area contributed by atoms with Gasteiger partial charge in [-0.15, -0.1) is 0 Å². The Balaban J connectivity index is 1.79. The zero-order valence-electron chi connectivity index (χ0n) is 12.9. The van der Waals surface area contributed by atoms with E-state index in [1.807, 2.05) is 0 Å². The second-order valence-electron chi connectivity index (χ2n) is 6.58. The van der Waals surface area contributed by atoms with Crippen molar-refractivity contribution in [1.29, 1.82) is 0 Å². The number of rotatable bonds is 3. The summed E-state index contributed by atoms with van der Waals surface area (Å²) in [5, 5.41) is 11.7. The minimum Gasteiger partial charge on any atom is -0.481 e. The van der Waals surface area contributed by atoms with Gasteiger partial charge in [0.1, 0.15) is 0 Å². The number of carbonyl (C=O) groups is 2. The van der Waals surface area contributed by atoms with Crippen molar-refractivity contribution < 1.29 is 27.9 Å². The second kappa shape index (κ2) is 7.40. The molecule has 2 fully saturated rings. The highest BCUT2D eigenvalue weighted by molar-refractivity contribution is 5.76. The van der Waals surface area contributed by atoms with E-state index in [2.05, 4.69) is 5.32 Å². The van der Waals surface area contributed by atoms with Crippen LogP contribution in [-0.4, -0.2) is 47.8 Å². The van der Waals surface area contributed by atoms with Crippen LogP contribution in [0, 0.1) is 17.8 Å². The maximum atomic E-state index is 12.8. The van der Waals surface area contributed by atoms with E-state index in [0.29, 0.717) is 32.2 Å². The topological polar surface area (TPSA) is 69.6 Å². The molecule has 2 aliphatic rings. The normalized spacial score (nSPS) is 29.2. The molecule has 0 radical (unpaired) electrons. The highest BCUT2D eigenvalue weighted by Gasteiger charge is 2.42. The maximum absolute atomic E-state index is 12.8. The van der Waals surface area contributed by atoms with Gasteiger partial charge >= 0.3 is 18.2 Å². The van der Waals surface area contributed by atoms with E-state index in [4.69, 9.17) is 5.11 Å². The monoisotopic (exact) mass is 336 g/mol. The number of urea groups is 1. The van der Waals surface area contributed by atoms with E-state index in [-0.39, 0.29) is 37.9 Å². The molecule has 0 aromatic heterocycles. The van der Waals surface area contributed by atoms with Gasteiger partial charge in [0.05, 0.1) is 11.8 Å². The number of amides is 2. The van der Waals surface area contributed by atoms with Gasteiger partial charge in [-0.05, 0) is 38.0 Å². The Morgan fingerprint density at radius 3 is 2.57 bits per heavy atom. The Morgan fingerprint density at radius 2 is 1.91 bits per heavy atom. The van der Waals surface area contributed by atoms with Crippen molar-refractivity contribution in [3.8, 4) is 0 Å². The number of likely N-dealkylation sites (tertiary alicyclic amines) is 1. The fourth-order valence-electron chi connectivity index (χ4n) is 3.48. The molecule has 0 aromatic rings. The zero-order valence-corrected chi connectivity index (χ0v) is 12.9. The van der Waals surface area contributed by atoms with Crippen LogP contribution in [0.5, 0.6) is 0 Å². The third-order valence-electron chi connectivity index (χ3n) is 4.85.